The van der Waals surface area contributed by atoms with Gasteiger partial charge in [0.05, 0.1) is 40.0 Å². The highest BCUT2D eigenvalue weighted by Gasteiger charge is 2.17. The van der Waals surface area contributed by atoms with Crippen LogP contribution < -0.4 is 5.01 Å². The van der Waals surface area contributed by atoms with E-state index in [0.29, 0.717) is 0 Å². The molecule has 1 saturated heterocycles. The Kier molecular flexibility index (Phi) is 3.79. The number of hydrogen-bond acceptors (Lipinski definition) is 3. The van der Waals surface area contributed by atoms with E-state index in [1.807, 2.05) is 0 Å². The first-order valence-electron chi connectivity index (χ1n) is 4.10. The van der Waals surface area contributed by atoms with Crippen molar-refractivity contribution in [1.82, 2.24) is 5.01 Å². The van der Waals surface area contributed by atoms with E-state index < -0.39 is 0 Å². The fourth-order valence-electron chi connectivity index (χ4n) is 1.26. The topological polar surface area (TPSA) is 37.1 Å². The summed E-state index contributed by atoms with van der Waals surface area (Å²) in [5.41, 5.74) is 0. The number of hydrogen-bond donors (Lipinski definition) is 2. The highest BCUT2D eigenvalue weighted by molar-refractivity contribution is 4.49. The van der Waals surface area contributed by atoms with Gasteiger partial charge in [0.15, 0.2) is 0 Å². The number of aliphatic hydroxyl groups excluding tert-OH is 1. The molecule has 4 nitrogen and oxygen atoms in total. The first kappa shape index (κ1) is 8.93. The van der Waals surface area contributed by atoms with E-state index in [2.05, 4.69) is 12.1 Å². The maximum absolute atomic E-state index is 8.69. The maximum atomic E-state index is 8.69. The molecule has 1 fully saturated rings. The Balaban J connectivity index is 2.21. The molecule has 1 aliphatic heterocycles. The van der Waals surface area contributed by atoms with Gasteiger partial charge in [0.25, 0.3) is 0 Å². The van der Waals surface area contributed by atoms with Crippen LogP contribution in [0.5, 0.6) is 0 Å². The van der Waals surface area contributed by atoms with Crippen LogP contribution in [0.3, 0.4) is 0 Å². The van der Waals surface area contributed by atoms with E-state index in [0.717, 1.165) is 32.8 Å². The zero-order chi connectivity index (χ0) is 8.10. The summed E-state index contributed by atoms with van der Waals surface area (Å²) in [6.07, 6.45) is 0. The lowest BCUT2D eigenvalue weighted by molar-refractivity contribution is -1.00. The number of nitrogens with zero attached hydrogens (tertiary/aromatic N) is 1. The van der Waals surface area contributed by atoms with Crippen LogP contribution in [0.25, 0.3) is 0 Å². The van der Waals surface area contributed by atoms with Crippen molar-refractivity contribution >= 4 is 0 Å². The Bertz CT molecular complexity index is 105. The average molecular weight is 161 g/mol. The largest absolute Gasteiger partial charge is 0.390 e. The third-order valence-electron chi connectivity index (χ3n) is 2.02. The fourth-order valence-corrected chi connectivity index (χ4v) is 1.26. The molecule has 0 aromatic heterocycles. The van der Waals surface area contributed by atoms with E-state index in [1.165, 1.54) is 5.01 Å². The lowest BCUT2D eigenvalue weighted by atomic mass is 10.5. The van der Waals surface area contributed by atoms with Gasteiger partial charge in [-0.3, -0.25) is 5.01 Å². The Morgan fingerprint density at radius 3 is 2.64 bits per heavy atom. The summed E-state index contributed by atoms with van der Waals surface area (Å²) in [7, 11) is 2.07. The Morgan fingerprint density at radius 1 is 1.45 bits per heavy atom. The summed E-state index contributed by atoms with van der Waals surface area (Å²) in [4.78, 5) is 0. The molecular weight excluding hydrogens is 144 g/mol. The summed E-state index contributed by atoms with van der Waals surface area (Å²) >= 11 is 0. The molecule has 0 spiro atoms. The Morgan fingerprint density at radius 2 is 2.09 bits per heavy atom. The molecule has 0 radical (unpaired) electrons. The molecule has 0 saturated carbocycles. The molecule has 1 rings (SSSR count). The minimum Gasteiger partial charge on any atom is -0.390 e. The summed E-state index contributed by atoms with van der Waals surface area (Å²) in [6.45, 7) is 4.65. The van der Waals surface area contributed by atoms with Gasteiger partial charge in [0.2, 0.25) is 0 Å². The molecule has 0 aromatic carbocycles. The van der Waals surface area contributed by atoms with Crippen LogP contribution in [0.4, 0.5) is 0 Å². The molecule has 11 heavy (non-hydrogen) atoms. The second-order valence-corrected chi connectivity index (χ2v) is 2.81. The summed E-state index contributed by atoms with van der Waals surface area (Å²) in [5.74, 6) is 0. The minimum absolute atomic E-state index is 0.253. The van der Waals surface area contributed by atoms with Crippen molar-refractivity contribution in [2.45, 2.75) is 0 Å². The molecule has 0 amide bonds. The minimum atomic E-state index is 0.253. The molecule has 0 bridgehead atoms. The maximum Gasteiger partial charge on any atom is 0.118 e. The van der Waals surface area contributed by atoms with E-state index in [9.17, 15) is 0 Å². The quantitative estimate of drug-likeness (QED) is 0.490. The van der Waals surface area contributed by atoms with Crippen LogP contribution >= 0.6 is 0 Å². The number of quaternary nitrogens is 1. The standard InChI is InChI=1S/C7H16N2O2/c1-8(2-5-10)9-3-6-11-7-4-9/h10H,2-7H2,1H3/p+1. The van der Waals surface area contributed by atoms with Gasteiger partial charge in [0, 0.05) is 0 Å². The zero-order valence-electron chi connectivity index (χ0n) is 7.05. The van der Waals surface area contributed by atoms with Crippen molar-refractivity contribution in [2.24, 2.45) is 0 Å². The van der Waals surface area contributed by atoms with E-state index >= 15 is 0 Å². The number of morpholine rings is 1. The molecule has 1 unspecified atom stereocenters. The number of aliphatic hydroxyl groups is 1. The van der Waals surface area contributed by atoms with E-state index in [1.54, 1.807) is 0 Å². The normalized spacial score (nSPS) is 23.5. The highest BCUT2D eigenvalue weighted by Crippen LogP contribution is 1.87. The molecule has 2 N–H and O–H groups in total. The second kappa shape index (κ2) is 4.66. The van der Waals surface area contributed by atoms with Crippen LogP contribution in [0, 0.1) is 0 Å². The lowest BCUT2D eigenvalue weighted by Gasteiger charge is -2.30. The summed E-state index contributed by atoms with van der Waals surface area (Å²) in [5, 5.41) is 12.2. The average Bonchev–Trinajstić information content (AvgIpc) is 2.07. The van der Waals surface area contributed by atoms with Gasteiger partial charge in [0.1, 0.15) is 6.54 Å². The van der Waals surface area contributed by atoms with Crippen LogP contribution in [0.15, 0.2) is 0 Å². The van der Waals surface area contributed by atoms with Crippen molar-refractivity contribution < 1.29 is 14.9 Å². The Labute approximate surface area is 67.3 Å². The zero-order valence-corrected chi connectivity index (χ0v) is 7.05. The first-order valence-corrected chi connectivity index (χ1v) is 4.10. The van der Waals surface area contributed by atoms with Gasteiger partial charge in [-0.1, -0.05) is 0 Å². The second-order valence-electron chi connectivity index (χ2n) is 2.81. The van der Waals surface area contributed by atoms with Crippen molar-refractivity contribution in [1.29, 1.82) is 0 Å². The van der Waals surface area contributed by atoms with Gasteiger partial charge in [-0.25, -0.2) is 0 Å². The van der Waals surface area contributed by atoms with Gasteiger partial charge in [-0.05, 0) is 0 Å². The van der Waals surface area contributed by atoms with Gasteiger partial charge < -0.3 is 9.84 Å². The third-order valence-corrected chi connectivity index (χ3v) is 2.02. The molecule has 0 aromatic rings. The lowest BCUT2D eigenvalue weighted by Crippen LogP contribution is -3.16. The monoisotopic (exact) mass is 161 g/mol. The highest BCUT2D eigenvalue weighted by atomic mass is 16.5. The molecule has 1 heterocycles. The molecular formula is C7H17N2O2+. The molecule has 0 aliphatic carbocycles. The van der Waals surface area contributed by atoms with Crippen molar-refractivity contribution in [3.8, 4) is 0 Å². The number of rotatable bonds is 3. The van der Waals surface area contributed by atoms with Crippen molar-refractivity contribution in [3.05, 3.63) is 0 Å². The van der Waals surface area contributed by atoms with E-state index in [4.69, 9.17) is 9.84 Å². The van der Waals surface area contributed by atoms with Crippen LogP contribution in [-0.2, 0) is 4.74 Å². The predicted octanol–water partition coefficient (Wildman–Crippen LogP) is -2.26. The Hall–Kier alpha value is -0.160. The van der Waals surface area contributed by atoms with Crippen LogP contribution in [0.2, 0.25) is 0 Å². The van der Waals surface area contributed by atoms with Gasteiger partial charge in [-0.15, -0.1) is 0 Å². The number of ether oxygens (including phenoxy) is 1. The van der Waals surface area contributed by atoms with Crippen molar-refractivity contribution in [3.63, 3.8) is 0 Å². The SMILES string of the molecule is C[NH+](CCO)N1CCOCC1. The number of likely N-dealkylation sites (N-methyl/N-ethyl adjacent to an activating group) is 1. The van der Waals surface area contributed by atoms with Gasteiger partial charge >= 0.3 is 0 Å². The number of nitrogens with one attached hydrogen (secondary N) is 1. The summed E-state index contributed by atoms with van der Waals surface area (Å²) < 4.78 is 5.21. The molecule has 1 atom stereocenters. The third kappa shape index (κ3) is 2.75. The molecule has 66 valence electrons. The van der Waals surface area contributed by atoms with Crippen LogP contribution in [-0.4, -0.2) is 56.6 Å². The summed E-state index contributed by atoms with van der Waals surface area (Å²) in [6, 6.07) is 0. The molecule has 4 heteroatoms. The van der Waals surface area contributed by atoms with E-state index in [-0.39, 0.29) is 6.61 Å². The predicted molar refractivity (Wildman–Crippen MR) is 41.2 cm³/mol. The fraction of sp³-hybridized carbons (Fsp3) is 1.00. The smallest absolute Gasteiger partial charge is 0.118 e. The van der Waals surface area contributed by atoms with Gasteiger partial charge in [-0.2, -0.15) is 5.01 Å². The van der Waals surface area contributed by atoms with Crippen molar-refractivity contribution in [2.75, 3.05) is 46.5 Å². The molecule has 1 aliphatic rings. The first-order chi connectivity index (χ1) is 5.34. The van der Waals surface area contributed by atoms with Crippen LogP contribution in [0.1, 0.15) is 0 Å².